The molecule has 2 heterocycles. The summed E-state index contributed by atoms with van der Waals surface area (Å²) in [6, 6.07) is 8.84. The maximum Gasteiger partial charge on any atom is 0.417 e. The van der Waals surface area contributed by atoms with E-state index in [-0.39, 0.29) is 30.9 Å². The number of cyclic esters (lactones) is 1. The fourth-order valence-electron chi connectivity index (χ4n) is 2.91. The van der Waals surface area contributed by atoms with Gasteiger partial charge in [0.2, 0.25) is 5.91 Å². The van der Waals surface area contributed by atoms with Crippen LogP contribution in [-0.4, -0.2) is 49.2 Å². The Morgan fingerprint density at radius 1 is 1.21 bits per heavy atom. The second-order valence-electron chi connectivity index (χ2n) is 5.92. The van der Waals surface area contributed by atoms with Crippen molar-refractivity contribution in [3.63, 3.8) is 0 Å². The predicted octanol–water partition coefficient (Wildman–Crippen LogP) is 1.25. The molecule has 1 aromatic carbocycles. The first-order valence-corrected chi connectivity index (χ1v) is 8.05. The van der Waals surface area contributed by atoms with Crippen LogP contribution >= 0.6 is 0 Å². The van der Waals surface area contributed by atoms with Crippen molar-refractivity contribution >= 4 is 17.9 Å². The van der Waals surface area contributed by atoms with Crippen LogP contribution < -0.4 is 5.32 Å². The number of nitrogens with zero attached hydrogens (tertiary/aromatic N) is 1. The smallest absolute Gasteiger partial charge is 0.417 e. The summed E-state index contributed by atoms with van der Waals surface area (Å²) in [5.41, 5.74) is 0.838. The molecule has 2 saturated heterocycles. The number of amides is 3. The standard InChI is InChI=1S/C17H20N2O5/c20-15-11-24-17(22)19(15)10-14(12-4-2-1-3-5-12)18-16(21)13-6-8-23-9-7-13/h1-5,13-14H,6-11H2,(H,18,21). The van der Waals surface area contributed by atoms with Crippen LogP contribution in [0.15, 0.2) is 30.3 Å². The van der Waals surface area contributed by atoms with Gasteiger partial charge in [0.25, 0.3) is 5.91 Å². The molecule has 0 aliphatic carbocycles. The second kappa shape index (κ2) is 7.44. The van der Waals surface area contributed by atoms with Crippen LogP contribution in [0.4, 0.5) is 4.79 Å². The van der Waals surface area contributed by atoms with Gasteiger partial charge in [0.15, 0.2) is 6.61 Å². The van der Waals surface area contributed by atoms with Crippen molar-refractivity contribution in [1.82, 2.24) is 10.2 Å². The van der Waals surface area contributed by atoms with Crippen LogP contribution in [0.2, 0.25) is 0 Å². The Labute approximate surface area is 139 Å². The average molecular weight is 332 g/mol. The predicted molar refractivity (Wildman–Crippen MR) is 83.9 cm³/mol. The van der Waals surface area contributed by atoms with Crippen LogP contribution in [0, 0.1) is 5.92 Å². The van der Waals surface area contributed by atoms with Gasteiger partial charge in [-0.2, -0.15) is 0 Å². The highest BCUT2D eigenvalue weighted by Crippen LogP contribution is 2.20. The van der Waals surface area contributed by atoms with E-state index in [1.807, 2.05) is 30.3 Å². The van der Waals surface area contributed by atoms with E-state index in [9.17, 15) is 14.4 Å². The third-order valence-corrected chi connectivity index (χ3v) is 4.32. The zero-order chi connectivity index (χ0) is 16.9. The van der Waals surface area contributed by atoms with Crippen molar-refractivity contribution in [3.8, 4) is 0 Å². The third kappa shape index (κ3) is 3.73. The van der Waals surface area contributed by atoms with Gasteiger partial charge in [0, 0.05) is 19.1 Å². The van der Waals surface area contributed by atoms with Gasteiger partial charge >= 0.3 is 6.09 Å². The van der Waals surface area contributed by atoms with Crippen LogP contribution in [-0.2, 0) is 19.1 Å². The number of rotatable bonds is 5. The van der Waals surface area contributed by atoms with Crippen LogP contribution in [0.25, 0.3) is 0 Å². The molecule has 0 radical (unpaired) electrons. The normalized spacial score (nSPS) is 19.9. The Kier molecular flexibility index (Phi) is 5.10. The summed E-state index contributed by atoms with van der Waals surface area (Å²) in [7, 11) is 0. The highest BCUT2D eigenvalue weighted by molar-refractivity contribution is 5.97. The molecule has 1 N–H and O–H groups in total. The third-order valence-electron chi connectivity index (χ3n) is 4.32. The van der Waals surface area contributed by atoms with Crippen molar-refractivity contribution in [1.29, 1.82) is 0 Å². The molecular formula is C17H20N2O5. The van der Waals surface area contributed by atoms with Gasteiger partial charge in [-0.15, -0.1) is 0 Å². The second-order valence-corrected chi connectivity index (χ2v) is 5.92. The van der Waals surface area contributed by atoms with Crippen molar-refractivity contribution in [2.75, 3.05) is 26.4 Å². The zero-order valence-electron chi connectivity index (χ0n) is 13.3. The van der Waals surface area contributed by atoms with Crippen molar-refractivity contribution in [2.24, 2.45) is 5.92 Å². The van der Waals surface area contributed by atoms with E-state index >= 15 is 0 Å². The molecule has 3 amide bonds. The van der Waals surface area contributed by atoms with Gasteiger partial charge in [-0.25, -0.2) is 9.69 Å². The number of nitrogens with one attached hydrogen (secondary N) is 1. The van der Waals surface area contributed by atoms with Crippen molar-refractivity contribution in [2.45, 2.75) is 18.9 Å². The minimum atomic E-state index is -0.666. The van der Waals surface area contributed by atoms with Gasteiger partial charge in [-0.3, -0.25) is 9.59 Å². The molecule has 0 saturated carbocycles. The lowest BCUT2D eigenvalue weighted by Crippen LogP contribution is -2.43. The number of carbonyl (C=O) groups excluding carboxylic acids is 3. The topological polar surface area (TPSA) is 84.9 Å². The van der Waals surface area contributed by atoms with Gasteiger partial charge in [0.05, 0.1) is 12.6 Å². The van der Waals surface area contributed by atoms with Crippen molar-refractivity contribution in [3.05, 3.63) is 35.9 Å². The fourth-order valence-corrected chi connectivity index (χ4v) is 2.91. The largest absolute Gasteiger partial charge is 0.439 e. The number of ether oxygens (including phenoxy) is 2. The first kappa shape index (κ1) is 16.4. The molecule has 2 aliphatic heterocycles. The molecule has 2 aliphatic rings. The van der Waals surface area contributed by atoms with Crippen LogP contribution in [0.3, 0.4) is 0 Å². The lowest BCUT2D eigenvalue weighted by Gasteiger charge is -2.27. The van der Waals surface area contributed by atoms with Gasteiger partial charge < -0.3 is 14.8 Å². The minimum absolute atomic E-state index is 0.0661. The van der Waals surface area contributed by atoms with E-state index in [0.717, 1.165) is 10.5 Å². The molecule has 1 aromatic rings. The van der Waals surface area contributed by atoms with E-state index in [2.05, 4.69) is 5.32 Å². The highest BCUT2D eigenvalue weighted by atomic mass is 16.6. The molecule has 3 rings (SSSR count). The number of hydrogen-bond acceptors (Lipinski definition) is 5. The molecule has 1 unspecified atom stereocenters. The first-order chi connectivity index (χ1) is 11.6. The highest BCUT2D eigenvalue weighted by Gasteiger charge is 2.34. The molecule has 128 valence electrons. The number of hydrogen-bond donors (Lipinski definition) is 1. The van der Waals surface area contributed by atoms with E-state index in [1.165, 1.54) is 0 Å². The Bertz CT molecular complexity index is 597. The Hall–Kier alpha value is -2.41. The number of carbonyl (C=O) groups is 3. The summed E-state index contributed by atoms with van der Waals surface area (Å²) in [6.45, 7) is 0.973. The summed E-state index contributed by atoms with van der Waals surface area (Å²) in [5, 5.41) is 2.97. The van der Waals surface area contributed by atoms with E-state index in [1.54, 1.807) is 0 Å². The molecule has 2 fully saturated rings. The number of benzene rings is 1. The SMILES string of the molecule is O=C(NC(CN1C(=O)COC1=O)c1ccccc1)C1CCOCC1. The van der Waals surface area contributed by atoms with Crippen LogP contribution in [0.1, 0.15) is 24.4 Å². The Balaban J connectivity index is 1.73. The average Bonchev–Trinajstić information content (AvgIpc) is 2.94. The van der Waals surface area contributed by atoms with Crippen molar-refractivity contribution < 1.29 is 23.9 Å². The van der Waals surface area contributed by atoms with E-state index in [4.69, 9.17) is 9.47 Å². The minimum Gasteiger partial charge on any atom is -0.439 e. The maximum atomic E-state index is 12.5. The lowest BCUT2D eigenvalue weighted by molar-refractivity contribution is -0.130. The monoisotopic (exact) mass is 332 g/mol. The Morgan fingerprint density at radius 3 is 2.54 bits per heavy atom. The summed E-state index contributed by atoms with van der Waals surface area (Å²) >= 11 is 0. The molecule has 1 atom stereocenters. The molecule has 7 heteroatoms. The maximum absolute atomic E-state index is 12.5. The van der Waals surface area contributed by atoms with Crippen LogP contribution in [0.5, 0.6) is 0 Å². The molecule has 0 bridgehead atoms. The number of imide groups is 1. The van der Waals surface area contributed by atoms with Gasteiger partial charge in [-0.05, 0) is 18.4 Å². The Morgan fingerprint density at radius 2 is 1.92 bits per heavy atom. The summed E-state index contributed by atoms with van der Waals surface area (Å²) in [6.07, 6.45) is 0.692. The lowest BCUT2D eigenvalue weighted by atomic mass is 9.98. The summed E-state index contributed by atoms with van der Waals surface area (Å²) in [4.78, 5) is 37.1. The summed E-state index contributed by atoms with van der Waals surface area (Å²) < 4.78 is 10.0. The van der Waals surface area contributed by atoms with E-state index in [0.29, 0.717) is 26.1 Å². The molecule has 0 spiro atoms. The summed E-state index contributed by atoms with van der Waals surface area (Å²) in [5.74, 6) is -0.570. The van der Waals surface area contributed by atoms with Gasteiger partial charge in [-0.1, -0.05) is 30.3 Å². The molecule has 0 aromatic heterocycles. The van der Waals surface area contributed by atoms with Gasteiger partial charge in [0.1, 0.15) is 0 Å². The first-order valence-electron chi connectivity index (χ1n) is 8.05. The molecular weight excluding hydrogens is 312 g/mol. The van der Waals surface area contributed by atoms with E-state index < -0.39 is 12.1 Å². The zero-order valence-corrected chi connectivity index (χ0v) is 13.3. The molecule has 24 heavy (non-hydrogen) atoms. The molecule has 7 nitrogen and oxygen atoms in total. The quantitative estimate of drug-likeness (QED) is 0.877. The fraction of sp³-hybridized carbons (Fsp3) is 0.471.